The topological polar surface area (TPSA) is 21.3 Å². The first-order valence-electron chi connectivity index (χ1n) is 6.03. The lowest BCUT2D eigenvalue weighted by molar-refractivity contribution is -0.175. The Hall–Kier alpha value is -0.110. The summed E-state index contributed by atoms with van der Waals surface area (Å²) in [5, 5.41) is 3.21. The van der Waals surface area contributed by atoms with E-state index in [1.165, 1.54) is 0 Å². The van der Waals surface area contributed by atoms with E-state index in [4.69, 9.17) is 4.74 Å². The molecule has 0 amide bonds. The van der Waals surface area contributed by atoms with Crippen molar-refractivity contribution in [2.45, 2.75) is 32.0 Å². The van der Waals surface area contributed by atoms with Gasteiger partial charge in [0.05, 0.1) is 10.4 Å². The Morgan fingerprint density at radius 1 is 1.42 bits per heavy atom. The molecule has 0 aromatic carbocycles. The molecule has 0 saturated heterocycles. The molecule has 1 rings (SSSR count). The highest BCUT2D eigenvalue weighted by atomic mass is 79.9. The summed E-state index contributed by atoms with van der Waals surface area (Å²) >= 11 is 4.96. The molecule has 19 heavy (non-hydrogen) atoms. The van der Waals surface area contributed by atoms with Gasteiger partial charge in [-0.15, -0.1) is 11.3 Å². The Morgan fingerprint density at radius 3 is 2.68 bits per heavy atom. The molecule has 0 aliphatic carbocycles. The first-order valence-corrected chi connectivity index (χ1v) is 7.63. The van der Waals surface area contributed by atoms with E-state index in [0.717, 1.165) is 21.6 Å². The second-order valence-electron chi connectivity index (χ2n) is 4.19. The standard InChI is InChI=1S/C12H17BrF3NOS/c1-2-5-17-9(7-18-8-12(14,15)16)6-10-3-4-11(13)19-10/h3-4,9,17H,2,5-8H2,1H3. The Labute approximate surface area is 123 Å². The van der Waals surface area contributed by atoms with Crippen molar-refractivity contribution in [2.24, 2.45) is 0 Å². The highest BCUT2D eigenvalue weighted by molar-refractivity contribution is 9.11. The van der Waals surface area contributed by atoms with Gasteiger partial charge in [0.25, 0.3) is 0 Å². The summed E-state index contributed by atoms with van der Waals surface area (Å²) in [6.07, 6.45) is -2.65. The van der Waals surface area contributed by atoms with Gasteiger partial charge in [-0.3, -0.25) is 0 Å². The summed E-state index contributed by atoms with van der Waals surface area (Å²) in [6, 6.07) is 3.82. The Balaban J connectivity index is 2.42. The number of thiophene rings is 1. The number of rotatable bonds is 8. The molecule has 1 atom stereocenters. The van der Waals surface area contributed by atoms with E-state index >= 15 is 0 Å². The normalized spacial score (nSPS) is 13.7. The Morgan fingerprint density at radius 2 is 2.16 bits per heavy atom. The summed E-state index contributed by atoms with van der Waals surface area (Å²) < 4.78 is 41.9. The van der Waals surface area contributed by atoms with Crippen molar-refractivity contribution < 1.29 is 17.9 Å². The molecular formula is C12H17BrF3NOS. The third-order valence-electron chi connectivity index (χ3n) is 2.34. The maximum absolute atomic E-state index is 12.0. The van der Waals surface area contributed by atoms with Gasteiger partial charge in [0.15, 0.2) is 0 Å². The van der Waals surface area contributed by atoms with Crippen molar-refractivity contribution in [1.82, 2.24) is 5.32 Å². The number of hydrogen-bond acceptors (Lipinski definition) is 3. The van der Waals surface area contributed by atoms with Crippen molar-refractivity contribution >= 4 is 27.3 Å². The molecule has 1 aromatic heterocycles. The predicted octanol–water partition coefficient (Wildman–Crippen LogP) is 4.00. The largest absolute Gasteiger partial charge is 0.411 e. The fourth-order valence-electron chi connectivity index (χ4n) is 1.56. The number of nitrogens with one attached hydrogen (secondary N) is 1. The molecule has 0 fully saturated rings. The van der Waals surface area contributed by atoms with Crippen molar-refractivity contribution in [3.8, 4) is 0 Å². The number of alkyl halides is 3. The van der Waals surface area contributed by atoms with Crippen LogP contribution < -0.4 is 5.32 Å². The van der Waals surface area contributed by atoms with E-state index in [2.05, 4.69) is 21.2 Å². The maximum atomic E-state index is 12.0. The van der Waals surface area contributed by atoms with Crippen molar-refractivity contribution in [1.29, 1.82) is 0 Å². The average Bonchev–Trinajstić information content (AvgIpc) is 2.70. The molecule has 110 valence electrons. The number of halogens is 4. The molecule has 0 bridgehead atoms. The second-order valence-corrected chi connectivity index (χ2v) is 6.74. The van der Waals surface area contributed by atoms with Crippen LogP contribution in [0.25, 0.3) is 0 Å². The SMILES string of the molecule is CCCNC(COCC(F)(F)F)Cc1ccc(Br)s1. The van der Waals surface area contributed by atoms with Crippen LogP contribution in [0.3, 0.4) is 0 Å². The van der Waals surface area contributed by atoms with E-state index in [-0.39, 0.29) is 12.6 Å². The fraction of sp³-hybridized carbons (Fsp3) is 0.667. The van der Waals surface area contributed by atoms with Gasteiger partial charge < -0.3 is 10.1 Å². The lowest BCUT2D eigenvalue weighted by Gasteiger charge is -2.18. The molecule has 0 aliphatic heterocycles. The van der Waals surface area contributed by atoms with Crippen LogP contribution in [0.1, 0.15) is 18.2 Å². The van der Waals surface area contributed by atoms with Crippen LogP contribution >= 0.6 is 27.3 Å². The second kappa shape index (κ2) is 8.24. The minimum Gasteiger partial charge on any atom is -0.370 e. The van der Waals surface area contributed by atoms with Crippen LogP contribution in [-0.4, -0.2) is 32.0 Å². The van der Waals surface area contributed by atoms with Gasteiger partial charge in [-0.05, 0) is 47.4 Å². The predicted molar refractivity (Wildman–Crippen MR) is 74.7 cm³/mol. The van der Waals surface area contributed by atoms with Gasteiger partial charge in [-0.1, -0.05) is 6.92 Å². The van der Waals surface area contributed by atoms with Crippen LogP contribution in [0.5, 0.6) is 0 Å². The van der Waals surface area contributed by atoms with Crippen molar-refractivity contribution in [3.63, 3.8) is 0 Å². The lowest BCUT2D eigenvalue weighted by Crippen LogP contribution is -2.37. The molecule has 1 aromatic rings. The summed E-state index contributed by atoms with van der Waals surface area (Å²) in [5.41, 5.74) is 0. The van der Waals surface area contributed by atoms with Gasteiger partial charge in [0.2, 0.25) is 0 Å². The summed E-state index contributed by atoms with van der Waals surface area (Å²) in [6.45, 7) is 1.66. The molecule has 2 nitrogen and oxygen atoms in total. The molecule has 1 N–H and O–H groups in total. The van der Waals surface area contributed by atoms with Crippen LogP contribution in [0, 0.1) is 0 Å². The smallest absolute Gasteiger partial charge is 0.370 e. The van der Waals surface area contributed by atoms with E-state index in [1.807, 2.05) is 19.1 Å². The van der Waals surface area contributed by atoms with Gasteiger partial charge in [0, 0.05) is 10.9 Å². The first kappa shape index (κ1) is 16.9. The monoisotopic (exact) mass is 359 g/mol. The summed E-state index contributed by atoms with van der Waals surface area (Å²) in [5.74, 6) is 0. The Kier molecular flexibility index (Phi) is 7.35. The zero-order valence-corrected chi connectivity index (χ0v) is 13.0. The molecule has 7 heteroatoms. The van der Waals surface area contributed by atoms with E-state index in [0.29, 0.717) is 6.42 Å². The molecule has 0 aliphatic rings. The minimum absolute atomic E-state index is 0.0645. The number of hydrogen-bond donors (Lipinski definition) is 1. The van der Waals surface area contributed by atoms with Gasteiger partial charge in [-0.2, -0.15) is 13.2 Å². The average molecular weight is 360 g/mol. The summed E-state index contributed by atoms with van der Waals surface area (Å²) in [7, 11) is 0. The lowest BCUT2D eigenvalue weighted by atomic mass is 10.2. The van der Waals surface area contributed by atoms with Crippen LogP contribution in [-0.2, 0) is 11.2 Å². The highest BCUT2D eigenvalue weighted by Crippen LogP contribution is 2.23. The maximum Gasteiger partial charge on any atom is 0.411 e. The van der Waals surface area contributed by atoms with Crippen LogP contribution in [0.4, 0.5) is 13.2 Å². The van der Waals surface area contributed by atoms with E-state index < -0.39 is 12.8 Å². The van der Waals surface area contributed by atoms with Gasteiger partial charge in [-0.25, -0.2) is 0 Å². The number of ether oxygens (including phenoxy) is 1. The minimum atomic E-state index is -4.26. The summed E-state index contributed by atoms with van der Waals surface area (Å²) in [4.78, 5) is 1.12. The third-order valence-corrected chi connectivity index (χ3v) is 3.99. The van der Waals surface area contributed by atoms with Gasteiger partial charge >= 0.3 is 6.18 Å². The van der Waals surface area contributed by atoms with Crippen LogP contribution in [0.2, 0.25) is 0 Å². The van der Waals surface area contributed by atoms with E-state index in [1.54, 1.807) is 11.3 Å². The third kappa shape index (κ3) is 7.91. The highest BCUT2D eigenvalue weighted by Gasteiger charge is 2.27. The Bertz CT molecular complexity index is 370. The van der Waals surface area contributed by atoms with Crippen LogP contribution in [0.15, 0.2) is 15.9 Å². The molecule has 0 radical (unpaired) electrons. The molecular weight excluding hydrogens is 343 g/mol. The van der Waals surface area contributed by atoms with Crippen molar-refractivity contribution in [2.75, 3.05) is 19.8 Å². The molecule has 0 saturated carbocycles. The molecule has 1 unspecified atom stereocenters. The zero-order chi connectivity index (χ0) is 14.3. The van der Waals surface area contributed by atoms with E-state index in [9.17, 15) is 13.2 Å². The van der Waals surface area contributed by atoms with Crippen molar-refractivity contribution in [3.05, 3.63) is 20.8 Å². The molecule has 0 spiro atoms. The first-order chi connectivity index (χ1) is 8.90. The molecule has 1 heterocycles. The quantitative estimate of drug-likeness (QED) is 0.757. The fourth-order valence-corrected chi connectivity index (χ4v) is 3.12. The van der Waals surface area contributed by atoms with Gasteiger partial charge in [0.1, 0.15) is 6.61 Å². The zero-order valence-electron chi connectivity index (χ0n) is 10.6.